The van der Waals surface area contributed by atoms with Crippen molar-refractivity contribution in [2.24, 2.45) is 0 Å². The second-order valence-electron chi connectivity index (χ2n) is 4.78. The summed E-state index contributed by atoms with van der Waals surface area (Å²) in [5.74, 6) is 0.724. The second-order valence-corrected chi connectivity index (χ2v) is 4.78. The van der Waals surface area contributed by atoms with E-state index in [1.165, 1.54) is 0 Å². The smallest absolute Gasteiger partial charge is 0.254 e. The lowest BCUT2D eigenvalue weighted by Gasteiger charge is -2.13. The Labute approximate surface area is 113 Å². The second kappa shape index (κ2) is 5.26. The molecule has 0 aliphatic heterocycles. The third kappa shape index (κ3) is 2.67. The largest absolute Gasteiger partial charge is 0.378 e. The highest BCUT2D eigenvalue weighted by molar-refractivity contribution is 5.65. The van der Waals surface area contributed by atoms with Crippen LogP contribution in [0, 0.1) is 6.92 Å². The van der Waals surface area contributed by atoms with Gasteiger partial charge in [0.2, 0.25) is 0 Å². The third-order valence-corrected chi connectivity index (χ3v) is 3.19. The van der Waals surface area contributed by atoms with Gasteiger partial charge in [-0.2, -0.15) is 0 Å². The van der Waals surface area contributed by atoms with Gasteiger partial charge in [0.1, 0.15) is 5.82 Å². The van der Waals surface area contributed by atoms with Crippen LogP contribution in [0.1, 0.15) is 18.3 Å². The molecule has 0 spiro atoms. The normalized spacial score (nSPS) is 10.5. The van der Waals surface area contributed by atoms with Gasteiger partial charge < -0.3 is 9.88 Å². The van der Waals surface area contributed by atoms with Gasteiger partial charge in [-0.1, -0.05) is 19.1 Å². The van der Waals surface area contributed by atoms with Crippen LogP contribution in [0.3, 0.4) is 0 Å². The van der Waals surface area contributed by atoms with E-state index >= 15 is 0 Å². The highest BCUT2D eigenvalue weighted by atomic mass is 16.1. The number of aryl methyl sites for hydroxylation is 1. The van der Waals surface area contributed by atoms with E-state index in [0.717, 1.165) is 29.2 Å². The zero-order valence-electron chi connectivity index (χ0n) is 11.8. The van der Waals surface area contributed by atoms with Crippen molar-refractivity contribution >= 4 is 5.69 Å². The molecule has 1 aromatic carbocycles. The molecule has 19 heavy (non-hydrogen) atoms. The molecule has 1 N–H and O–H groups in total. The fourth-order valence-electron chi connectivity index (χ4n) is 1.95. The van der Waals surface area contributed by atoms with Gasteiger partial charge in [-0.05, 0) is 19.1 Å². The predicted octanol–water partition coefficient (Wildman–Crippen LogP) is 2.37. The molecule has 2 aromatic rings. The van der Waals surface area contributed by atoms with Crippen LogP contribution in [0.4, 0.5) is 5.69 Å². The average Bonchev–Trinajstić information content (AvgIpc) is 2.41. The van der Waals surface area contributed by atoms with Crippen LogP contribution in [-0.2, 0) is 6.42 Å². The molecule has 0 saturated heterocycles. The first-order valence-electron chi connectivity index (χ1n) is 6.40. The van der Waals surface area contributed by atoms with E-state index in [2.05, 4.69) is 9.97 Å². The molecule has 0 fully saturated rings. The molecule has 4 heteroatoms. The van der Waals surface area contributed by atoms with Gasteiger partial charge in [0.15, 0.2) is 0 Å². The van der Waals surface area contributed by atoms with Crippen LogP contribution in [0.5, 0.6) is 0 Å². The number of nitrogens with zero attached hydrogens (tertiary/aromatic N) is 2. The number of aromatic amines is 1. The Morgan fingerprint density at radius 1 is 1.21 bits per heavy atom. The molecule has 0 amide bonds. The third-order valence-electron chi connectivity index (χ3n) is 3.19. The molecule has 0 bridgehead atoms. The molecule has 0 unspecified atom stereocenters. The lowest BCUT2D eigenvalue weighted by molar-refractivity contribution is 0.912. The molecule has 100 valence electrons. The zero-order valence-corrected chi connectivity index (χ0v) is 11.8. The quantitative estimate of drug-likeness (QED) is 0.918. The molecule has 4 nitrogen and oxygen atoms in total. The first-order chi connectivity index (χ1) is 9.02. The maximum absolute atomic E-state index is 11.9. The van der Waals surface area contributed by atoms with E-state index in [0.29, 0.717) is 5.56 Å². The predicted molar refractivity (Wildman–Crippen MR) is 78.7 cm³/mol. The summed E-state index contributed by atoms with van der Waals surface area (Å²) in [4.78, 5) is 21.2. The maximum Gasteiger partial charge on any atom is 0.254 e. The van der Waals surface area contributed by atoms with Gasteiger partial charge in [0.25, 0.3) is 5.56 Å². The van der Waals surface area contributed by atoms with Crippen LogP contribution < -0.4 is 10.5 Å². The summed E-state index contributed by atoms with van der Waals surface area (Å²) < 4.78 is 0. The summed E-state index contributed by atoms with van der Waals surface area (Å²) in [6.07, 6.45) is 0.721. The van der Waals surface area contributed by atoms with Crippen molar-refractivity contribution in [3.05, 3.63) is 46.0 Å². The van der Waals surface area contributed by atoms with Crippen molar-refractivity contribution in [2.45, 2.75) is 20.3 Å². The van der Waals surface area contributed by atoms with Crippen LogP contribution in [-0.4, -0.2) is 24.1 Å². The number of H-pyrrole nitrogens is 1. The molecule has 0 atom stereocenters. The lowest BCUT2D eigenvalue weighted by atomic mass is 10.1. The van der Waals surface area contributed by atoms with Gasteiger partial charge >= 0.3 is 0 Å². The SMILES string of the molecule is CCc1nc(-c2ccc(N(C)C)cc2)c(C)c(=O)[nH]1. The summed E-state index contributed by atoms with van der Waals surface area (Å²) in [6.45, 7) is 3.78. The molecule has 0 saturated carbocycles. The number of hydrogen-bond donors (Lipinski definition) is 1. The molecule has 1 heterocycles. The Hall–Kier alpha value is -2.10. The first kappa shape index (κ1) is 13.3. The Balaban J connectivity index is 2.52. The van der Waals surface area contributed by atoms with Crippen LogP contribution >= 0.6 is 0 Å². The Morgan fingerprint density at radius 2 is 1.84 bits per heavy atom. The summed E-state index contributed by atoms with van der Waals surface area (Å²) >= 11 is 0. The van der Waals surface area contributed by atoms with Crippen molar-refractivity contribution in [3.8, 4) is 11.3 Å². The van der Waals surface area contributed by atoms with Crippen molar-refractivity contribution in [1.82, 2.24) is 9.97 Å². The minimum absolute atomic E-state index is 0.0569. The van der Waals surface area contributed by atoms with Crippen molar-refractivity contribution in [3.63, 3.8) is 0 Å². The minimum Gasteiger partial charge on any atom is -0.378 e. The number of rotatable bonds is 3. The standard InChI is InChI=1S/C15H19N3O/c1-5-13-16-14(10(2)15(19)17-13)11-6-8-12(9-7-11)18(3)4/h6-9H,5H2,1-4H3,(H,16,17,19). The first-order valence-corrected chi connectivity index (χ1v) is 6.40. The van der Waals surface area contributed by atoms with Gasteiger partial charge in [-0.25, -0.2) is 4.98 Å². The number of benzene rings is 1. The molecule has 1 aromatic heterocycles. The number of aromatic nitrogens is 2. The number of hydrogen-bond acceptors (Lipinski definition) is 3. The average molecular weight is 257 g/mol. The molecular weight excluding hydrogens is 238 g/mol. The van der Waals surface area contributed by atoms with Crippen molar-refractivity contribution in [2.75, 3.05) is 19.0 Å². The highest BCUT2D eigenvalue weighted by Gasteiger charge is 2.09. The van der Waals surface area contributed by atoms with E-state index in [4.69, 9.17) is 0 Å². The van der Waals surface area contributed by atoms with E-state index in [-0.39, 0.29) is 5.56 Å². The van der Waals surface area contributed by atoms with Gasteiger partial charge in [0, 0.05) is 37.3 Å². The van der Waals surface area contributed by atoms with E-state index < -0.39 is 0 Å². The van der Waals surface area contributed by atoms with Crippen LogP contribution in [0.25, 0.3) is 11.3 Å². The summed E-state index contributed by atoms with van der Waals surface area (Å²) in [7, 11) is 4.00. The maximum atomic E-state index is 11.9. The number of nitrogens with one attached hydrogen (secondary N) is 1. The van der Waals surface area contributed by atoms with Gasteiger partial charge in [-0.3, -0.25) is 4.79 Å². The Bertz CT molecular complexity index is 627. The van der Waals surface area contributed by atoms with E-state index in [1.807, 2.05) is 50.2 Å². The van der Waals surface area contributed by atoms with Crippen molar-refractivity contribution < 1.29 is 0 Å². The molecular formula is C15H19N3O. The molecule has 0 aliphatic rings. The summed E-state index contributed by atoms with van der Waals surface area (Å²) in [5, 5.41) is 0. The van der Waals surface area contributed by atoms with Crippen LogP contribution in [0.15, 0.2) is 29.1 Å². The molecule has 2 rings (SSSR count). The summed E-state index contributed by atoms with van der Waals surface area (Å²) in [5.41, 5.74) is 3.48. The fraction of sp³-hybridized carbons (Fsp3) is 0.333. The van der Waals surface area contributed by atoms with Gasteiger partial charge in [0.05, 0.1) is 5.69 Å². The zero-order chi connectivity index (χ0) is 14.0. The van der Waals surface area contributed by atoms with E-state index in [9.17, 15) is 4.79 Å². The number of anilines is 1. The van der Waals surface area contributed by atoms with E-state index in [1.54, 1.807) is 6.92 Å². The summed E-state index contributed by atoms with van der Waals surface area (Å²) in [6, 6.07) is 8.07. The van der Waals surface area contributed by atoms with Crippen LogP contribution in [0.2, 0.25) is 0 Å². The highest BCUT2D eigenvalue weighted by Crippen LogP contribution is 2.22. The fourth-order valence-corrected chi connectivity index (χ4v) is 1.95. The molecule has 0 aliphatic carbocycles. The Kier molecular flexibility index (Phi) is 3.69. The topological polar surface area (TPSA) is 49.0 Å². The minimum atomic E-state index is -0.0569. The Morgan fingerprint density at radius 3 is 2.37 bits per heavy atom. The van der Waals surface area contributed by atoms with Gasteiger partial charge in [-0.15, -0.1) is 0 Å². The molecule has 0 radical (unpaired) electrons. The van der Waals surface area contributed by atoms with Crippen molar-refractivity contribution in [1.29, 1.82) is 0 Å². The monoisotopic (exact) mass is 257 g/mol. The lowest BCUT2D eigenvalue weighted by Crippen LogP contribution is -2.15.